The van der Waals surface area contributed by atoms with Crippen molar-refractivity contribution in [3.05, 3.63) is 36.0 Å². The van der Waals surface area contributed by atoms with Gasteiger partial charge in [-0.2, -0.15) is 0 Å². The van der Waals surface area contributed by atoms with Gasteiger partial charge in [0.25, 0.3) is 0 Å². The number of hydrogen-bond acceptors (Lipinski definition) is 2. The molecule has 0 spiro atoms. The molecular formula is C14H20N2OS. The number of aromatic amines is 1. The van der Waals surface area contributed by atoms with E-state index in [-0.39, 0.29) is 10.8 Å². The number of H-pyrrole nitrogens is 1. The van der Waals surface area contributed by atoms with E-state index in [0.717, 1.165) is 5.52 Å². The summed E-state index contributed by atoms with van der Waals surface area (Å²) in [6.07, 6.45) is 1.93. The van der Waals surface area contributed by atoms with Crippen molar-refractivity contribution in [3.63, 3.8) is 0 Å². The zero-order valence-electron chi connectivity index (χ0n) is 11.3. The maximum absolute atomic E-state index is 12.1. The molecule has 0 fully saturated rings. The third kappa shape index (κ3) is 2.71. The van der Waals surface area contributed by atoms with E-state index in [1.54, 1.807) is 0 Å². The number of benzene rings is 1. The first kappa shape index (κ1) is 13.5. The molecule has 1 aromatic heterocycles. The fourth-order valence-electron chi connectivity index (χ4n) is 1.89. The Hall–Kier alpha value is -0.970. The molecule has 0 amide bonds. The number of rotatable bonds is 3. The molecule has 2 rings (SSSR count). The Morgan fingerprint density at radius 3 is 2.67 bits per heavy atom. The highest BCUT2D eigenvalue weighted by Crippen LogP contribution is 2.25. The number of fused-ring (bicyclic) bond motifs is 1. The highest BCUT2D eigenvalue weighted by atomic mass is 32.2. The van der Waals surface area contributed by atoms with E-state index >= 15 is 0 Å². The third-order valence-corrected chi connectivity index (χ3v) is 4.62. The lowest BCUT2D eigenvalue weighted by Crippen LogP contribution is -2.40. The minimum absolute atomic E-state index is 0.0598. The molecule has 0 bridgehead atoms. The van der Waals surface area contributed by atoms with Crippen molar-refractivity contribution in [3.8, 4) is 0 Å². The summed E-state index contributed by atoms with van der Waals surface area (Å²) in [7, 11) is 0. The van der Waals surface area contributed by atoms with Crippen LogP contribution in [0.1, 0.15) is 39.3 Å². The predicted octanol–water partition coefficient (Wildman–Crippen LogP) is 3.28. The minimum Gasteiger partial charge on any atom is -0.598 e. The van der Waals surface area contributed by atoms with Gasteiger partial charge in [-0.15, -0.1) is 4.72 Å². The van der Waals surface area contributed by atoms with Crippen molar-refractivity contribution in [1.29, 1.82) is 0 Å². The molecule has 1 heterocycles. The van der Waals surface area contributed by atoms with Crippen LogP contribution in [0.2, 0.25) is 0 Å². The molecular weight excluding hydrogens is 244 g/mol. The van der Waals surface area contributed by atoms with Gasteiger partial charge in [0.1, 0.15) is 4.75 Å². The first-order valence-electron chi connectivity index (χ1n) is 6.13. The molecule has 3 nitrogen and oxygen atoms in total. The summed E-state index contributed by atoms with van der Waals surface area (Å²) in [5.41, 5.74) is 2.29. The predicted molar refractivity (Wildman–Crippen MR) is 77.7 cm³/mol. The van der Waals surface area contributed by atoms with Crippen LogP contribution in [0.15, 0.2) is 30.5 Å². The van der Waals surface area contributed by atoms with Crippen LogP contribution >= 0.6 is 0 Å². The van der Waals surface area contributed by atoms with Gasteiger partial charge in [-0.25, -0.2) is 0 Å². The lowest BCUT2D eigenvalue weighted by Gasteiger charge is -2.26. The zero-order chi connectivity index (χ0) is 13.3. The Balaban J connectivity index is 2.23. The van der Waals surface area contributed by atoms with Crippen molar-refractivity contribution >= 4 is 22.3 Å². The molecule has 0 saturated heterocycles. The summed E-state index contributed by atoms with van der Waals surface area (Å²) in [5, 5.41) is 1.18. The smallest absolute Gasteiger partial charge is 0.136 e. The third-order valence-electron chi connectivity index (χ3n) is 2.94. The van der Waals surface area contributed by atoms with Crippen molar-refractivity contribution in [2.45, 2.75) is 38.5 Å². The molecule has 1 aromatic carbocycles. The highest BCUT2D eigenvalue weighted by Gasteiger charge is 2.28. The van der Waals surface area contributed by atoms with E-state index in [1.807, 2.05) is 46.0 Å². The van der Waals surface area contributed by atoms with Crippen molar-refractivity contribution in [2.75, 3.05) is 0 Å². The van der Waals surface area contributed by atoms with Gasteiger partial charge in [-0.3, -0.25) is 0 Å². The van der Waals surface area contributed by atoms with E-state index < -0.39 is 11.4 Å². The molecule has 0 aliphatic rings. The van der Waals surface area contributed by atoms with E-state index in [0.29, 0.717) is 0 Å². The molecule has 0 aliphatic heterocycles. The molecule has 2 N–H and O–H groups in total. The van der Waals surface area contributed by atoms with Gasteiger partial charge < -0.3 is 9.54 Å². The second-order valence-electron chi connectivity index (χ2n) is 5.51. The first-order valence-corrected chi connectivity index (χ1v) is 7.28. The second kappa shape index (κ2) is 4.96. The SMILES string of the molecule is C[C@@H](N[S@+]([O-])C(C)(C)C)c1cccc2[nH]ccc12. The monoisotopic (exact) mass is 264 g/mol. The summed E-state index contributed by atoms with van der Waals surface area (Å²) in [4.78, 5) is 3.19. The first-order chi connectivity index (χ1) is 8.39. The Morgan fingerprint density at radius 2 is 2.00 bits per heavy atom. The molecule has 2 atom stereocenters. The van der Waals surface area contributed by atoms with Crippen LogP contribution in [-0.2, 0) is 11.4 Å². The number of aromatic nitrogens is 1. The average molecular weight is 264 g/mol. The maximum Gasteiger partial charge on any atom is 0.136 e. The van der Waals surface area contributed by atoms with Crippen molar-refractivity contribution < 1.29 is 4.55 Å². The largest absolute Gasteiger partial charge is 0.598 e. The Bertz CT molecular complexity index is 530. The summed E-state index contributed by atoms with van der Waals surface area (Å²) in [6, 6.07) is 8.26. The Morgan fingerprint density at radius 1 is 1.28 bits per heavy atom. The zero-order valence-corrected chi connectivity index (χ0v) is 12.1. The van der Waals surface area contributed by atoms with E-state index in [2.05, 4.69) is 21.8 Å². The molecule has 0 unspecified atom stereocenters. The normalized spacial score (nSPS) is 15.8. The van der Waals surface area contributed by atoms with E-state index in [1.165, 1.54) is 10.9 Å². The topological polar surface area (TPSA) is 50.9 Å². The fraction of sp³-hybridized carbons (Fsp3) is 0.429. The standard InChI is InChI=1S/C14H20N2OS/c1-10(16-18(17)14(2,3)4)11-6-5-7-13-12(11)8-9-15-13/h5-10,15-16H,1-4H3/t10-,18-/m1/s1. The van der Waals surface area contributed by atoms with Gasteiger partial charge in [0.05, 0.1) is 6.04 Å². The minimum atomic E-state index is -1.06. The Labute approximate surface area is 111 Å². The summed E-state index contributed by atoms with van der Waals surface area (Å²) < 4.78 is 15.0. The van der Waals surface area contributed by atoms with Gasteiger partial charge in [0.2, 0.25) is 0 Å². The summed E-state index contributed by atoms with van der Waals surface area (Å²) in [6.45, 7) is 7.96. The number of hydrogen-bond donors (Lipinski definition) is 2. The van der Waals surface area contributed by atoms with Crippen LogP contribution in [-0.4, -0.2) is 14.3 Å². The van der Waals surface area contributed by atoms with Crippen LogP contribution < -0.4 is 4.72 Å². The Kier molecular flexibility index (Phi) is 3.71. The molecule has 18 heavy (non-hydrogen) atoms. The summed E-state index contributed by atoms with van der Waals surface area (Å²) in [5.74, 6) is 0. The van der Waals surface area contributed by atoms with Gasteiger partial charge >= 0.3 is 0 Å². The molecule has 4 heteroatoms. The highest BCUT2D eigenvalue weighted by molar-refractivity contribution is 7.90. The van der Waals surface area contributed by atoms with Crippen LogP contribution in [0.3, 0.4) is 0 Å². The van der Waals surface area contributed by atoms with Crippen LogP contribution in [0.4, 0.5) is 0 Å². The van der Waals surface area contributed by atoms with E-state index in [9.17, 15) is 4.55 Å². The lowest BCUT2D eigenvalue weighted by atomic mass is 10.1. The average Bonchev–Trinajstić information content (AvgIpc) is 2.74. The van der Waals surface area contributed by atoms with Crippen LogP contribution in [0.25, 0.3) is 10.9 Å². The summed E-state index contributed by atoms with van der Waals surface area (Å²) >= 11 is -1.06. The lowest BCUT2D eigenvalue weighted by molar-refractivity contribution is 0.532. The number of nitrogens with one attached hydrogen (secondary N) is 2. The van der Waals surface area contributed by atoms with Gasteiger partial charge in [0, 0.05) is 28.5 Å². The van der Waals surface area contributed by atoms with Gasteiger partial charge in [0.15, 0.2) is 0 Å². The second-order valence-corrected chi connectivity index (χ2v) is 7.50. The van der Waals surface area contributed by atoms with E-state index in [4.69, 9.17) is 0 Å². The maximum atomic E-state index is 12.1. The molecule has 98 valence electrons. The molecule has 2 aromatic rings. The molecule has 0 radical (unpaired) electrons. The van der Waals surface area contributed by atoms with Crippen LogP contribution in [0.5, 0.6) is 0 Å². The molecule has 0 aliphatic carbocycles. The quantitative estimate of drug-likeness (QED) is 0.836. The fourth-order valence-corrected chi connectivity index (χ4v) is 2.69. The van der Waals surface area contributed by atoms with Crippen molar-refractivity contribution in [1.82, 2.24) is 9.71 Å². The molecule has 0 saturated carbocycles. The van der Waals surface area contributed by atoms with Crippen molar-refractivity contribution in [2.24, 2.45) is 0 Å². The van der Waals surface area contributed by atoms with Gasteiger partial charge in [-0.1, -0.05) is 12.1 Å². The van der Waals surface area contributed by atoms with Crippen LogP contribution in [0, 0.1) is 0 Å². The van der Waals surface area contributed by atoms with Gasteiger partial charge in [-0.05, 0) is 45.4 Å².